The van der Waals surface area contributed by atoms with Gasteiger partial charge in [-0.2, -0.15) is 0 Å². The van der Waals surface area contributed by atoms with Crippen LogP contribution in [0.2, 0.25) is 0 Å². The van der Waals surface area contributed by atoms with Crippen LogP contribution in [0.3, 0.4) is 0 Å². The molecule has 0 aromatic rings. The molecule has 1 N–H and O–H groups in total. The van der Waals surface area contributed by atoms with E-state index in [0.29, 0.717) is 12.1 Å². The van der Waals surface area contributed by atoms with Crippen LogP contribution in [0.15, 0.2) is 0 Å². The Morgan fingerprint density at radius 3 is 3.00 bits per heavy atom. The van der Waals surface area contributed by atoms with Crippen LogP contribution >= 0.6 is 0 Å². The van der Waals surface area contributed by atoms with Crippen LogP contribution in [0.4, 0.5) is 0 Å². The quantitative estimate of drug-likeness (QED) is 0.795. The van der Waals surface area contributed by atoms with Crippen molar-refractivity contribution in [2.45, 2.75) is 57.6 Å². The van der Waals surface area contributed by atoms with Crippen molar-refractivity contribution in [2.75, 3.05) is 32.8 Å². The van der Waals surface area contributed by atoms with E-state index in [0.717, 1.165) is 6.61 Å². The maximum absolute atomic E-state index is 5.71. The fourth-order valence-corrected chi connectivity index (χ4v) is 3.02. The first-order chi connectivity index (χ1) is 8.38. The minimum absolute atomic E-state index is 0.552. The van der Waals surface area contributed by atoms with Gasteiger partial charge in [0.25, 0.3) is 0 Å². The molecule has 2 atom stereocenters. The molecule has 0 aromatic heterocycles. The van der Waals surface area contributed by atoms with E-state index in [2.05, 4.69) is 17.1 Å². The number of nitrogens with one attached hydrogen (secondary N) is 1. The predicted molar refractivity (Wildman–Crippen MR) is 71.3 cm³/mol. The Kier molecular flexibility index (Phi) is 5.75. The van der Waals surface area contributed by atoms with Gasteiger partial charge in [-0.25, -0.2) is 0 Å². The van der Waals surface area contributed by atoms with E-state index in [1.807, 2.05) is 0 Å². The molecule has 0 spiro atoms. The molecule has 2 unspecified atom stereocenters. The highest BCUT2D eigenvalue weighted by molar-refractivity contribution is 4.77. The molecule has 2 fully saturated rings. The number of hydrogen-bond acceptors (Lipinski definition) is 3. The van der Waals surface area contributed by atoms with Crippen molar-refractivity contribution in [3.63, 3.8) is 0 Å². The van der Waals surface area contributed by atoms with Gasteiger partial charge < -0.3 is 15.0 Å². The number of hydrogen-bond donors (Lipinski definition) is 1. The zero-order valence-electron chi connectivity index (χ0n) is 11.3. The lowest BCUT2D eigenvalue weighted by atomic mass is 10.1. The second-order valence-electron chi connectivity index (χ2n) is 5.52. The SMILES string of the molecule is CCCC1CN(CCC2CCCO2)CCCN1. The van der Waals surface area contributed by atoms with Crippen LogP contribution in [0.25, 0.3) is 0 Å². The third kappa shape index (κ3) is 4.57. The highest BCUT2D eigenvalue weighted by atomic mass is 16.5. The highest BCUT2D eigenvalue weighted by Crippen LogP contribution is 2.16. The molecule has 0 bridgehead atoms. The molecular weight excluding hydrogens is 212 g/mol. The molecule has 2 heterocycles. The minimum Gasteiger partial charge on any atom is -0.378 e. The summed E-state index contributed by atoms with van der Waals surface area (Å²) in [5.74, 6) is 0. The van der Waals surface area contributed by atoms with Gasteiger partial charge in [0.1, 0.15) is 0 Å². The van der Waals surface area contributed by atoms with Gasteiger partial charge in [0.05, 0.1) is 6.10 Å². The molecule has 3 heteroatoms. The predicted octanol–water partition coefficient (Wildman–Crippen LogP) is 2.02. The first kappa shape index (κ1) is 13.3. The number of rotatable bonds is 5. The number of nitrogens with zero attached hydrogens (tertiary/aromatic N) is 1. The summed E-state index contributed by atoms with van der Waals surface area (Å²) in [6.45, 7) is 8.20. The van der Waals surface area contributed by atoms with Crippen molar-refractivity contribution in [3.8, 4) is 0 Å². The molecule has 2 rings (SSSR count). The largest absolute Gasteiger partial charge is 0.378 e. The van der Waals surface area contributed by atoms with E-state index < -0.39 is 0 Å². The summed E-state index contributed by atoms with van der Waals surface area (Å²) in [7, 11) is 0. The average Bonchev–Trinajstić information content (AvgIpc) is 2.75. The Labute approximate surface area is 106 Å². The van der Waals surface area contributed by atoms with Gasteiger partial charge in [0, 0.05) is 25.7 Å². The van der Waals surface area contributed by atoms with Crippen LogP contribution < -0.4 is 5.32 Å². The lowest BCUT2D eigenvalue weighted by Gasteiger charge is -2.25. The molecule has 0 aromatic carbocycles. The lowest BCUT2D eigenvalue weighted by Crippen LogP contribution is -2.38. The first-order valence-electron chi connectivity index (χ1n) is 7.46. The third-order valence-corrected chi connectivity index (χ3v) is 3.99. The van der Waals surface area contributed by atoms with Gasteiger partial charge in [0.15, 0.2) is 0 Å². The molecule has 2 saturated heterocycles. The van der Waals surface area contributed by atoms with E-state index in [1.54, 1.807) is 0 Å². The van der Waals surface area contributed by atoms with E-state index >= 15 is 0 Å². The normalized spacial score (nSPS) is 31.6. The van der Waals surface area contributed by atoms with E-state index in [1.165, 1.54) is 64.7 Å². The second kappa shape index (κ2) is 7.34. The fraction of sp³-hybridized carbons (Fsp3) is 1.00. The molecule has 0 saturated carbocycles. The highest BCUT2D eigenvalue weighted by Gasteiger charge is 2.20. The lowest BCUT2D eigenvalue weighted by molar-refractivity contribution is 0.0915. The Balaban J connectivity index is 1.70. The van der Waals surface area contributed by atoms with Gasteiger partial charge in [-0.3, -0.25) is 0 Å². The Bertz CT molecular complexity index is 204. The summed E-state index contributed by atoms with van der Waals surface area (Å²) >= 11 is 0. The Morgan fingerprint density at radius 2 is 2.24 bits per heavy atom. The van der Waals surface area contributed by atoms with Crippen molar-refractivity contribution >= 4 is 0 Å². The summed E-state index contributed by atoms with van der Waals surface area (Å²) in [6, 6.07) is 0.715. The summed E-state index contributed by atoms with van der Waals surface area (Å²) in [5.41, 5.74) is 0. The second-order valence-corrected chi connectivity index (χ2v) is 5.52. The average molecular weight is 240 g/mol. The number of ether oxygens (including phenoxy) is 1. The zero-order chi connectivity index (χ0) is 11.9. The minimum atomic E-state index is 0.552. The van der Waals surface area contributed by atoms with Gasteiger partial charge >= 0.3 is 0 Å². The molecule has 0 aliphatic carbocycles. The van der Waals surface area contributed by atoms with E-state index in [9.17, 15) is 0 Å². The van der Waals surface area contributed by atoms with Gasteiger partial charge in [-0.05, 0) is 45.2 Å². The summed E-state index contributed by atoms with van der Waals surface area (Å²) in [4.78, 5) is 2.64. The van der Waals surface area contributed by atoms with Crippen molar-refractivity contribution in [1.82, 2.24) is 10.2 Å². The van der Waals surface area contributed by atoms with Crippen LogP contribution in [-0.2, 0) is 4.74 Å². The molecule has 0 radical (unpaired) electrons. The monoisotopic (exact) mass is 240 g/mol. The first-order valence-corrected chi connectivity index (χ1v) is 7.46. The van der Waals surface area contributed by atoms with Gasteiger partial charge in [-0.1, -0.05) is 13.3 Å². The fourth-order valence-electron chi connectivity index (χ4n) is 3.02. The van der Waals surface area contributed by atoms with Crippen molar-refractivity contribution in [3.05, 3.63) is 0 Å². The summed E-state index contributed by atoms with van der Waals surface area (Å²) in [5, 5.41) is 3.67. The molecule has 2 aliphatic heterocycles. The smallest absolute Gasteiger partial charge is 0.0588 e. The topological polar surface area (TPSA) is 24.5 Å². The molecule has 3 nitrogen and oxygen atoms in total. The standard InChI is InChI=1S/C14H28N2O/c1-2-5-13-12-16(9-4-8-15-13)10-7-14-6-3-11-17-14/h13-15H,2-12H2,1H3. The Hall–Kier alpha value is -0.120. The maximum Gasteiger partial charge on any atom is 0.0588 e. The van der Waals surface area contributed by atoms with Crippen LogP contribution in [-0.4, -0.2) is 49.8 Å². The molecule has 2 aliphatic rings. The van der Waals surface area contributed by atoms with Crippen LogP contribution in [0, 0.1) is 0 Å². The van der Waals surface area contributed by atoms with Gasteiger partial charge in [0.2, 0.25) is 0 Å². The summed E-state index contributed by atoms with van der Waals surface area (Å²) in [6.07, 6.45) is 8.24. The van der Waals surface area contributed by atoms with Crippen LogP contribution in [0.5, 0.6) is 0 Å². The van der Waals surface area contributed by atoms with Crippen molar-refractivity contribution < 1.29 is 4.74 Å². The molecule has 17 heavy (non-hydrogen) atoms. The maximum atomic E-state index is 5.71. The summed E-state index contributed by atoms with van der Waals surface area (Å²) < 4.78 is 5.71. The van der Waals surface area contributed by atoms with E-state index in [4.69, 9.17) is 4.74 Å². The van der Waals surface area contributed by atoms with Crippen molar-refractivity contribution in [2.24, 2.45) is 0 Å². The molecule has 100 valence electrons. The molecule has 0 amide bonds. The Morgan fingerprint density at radius 1 is 1.29 bits per heavy atom. The zero-order valence-corrected chi connectivity index (χ0v) is 11.3. The van der Waals surface area contributed by atoms with E-state index in [-0.39, 0.29) is 0 Å². The van der Waals surface area contributed by atoms with Crippen LogP contribution in [0.1, 0.15) is 45.4 Å². The third-order valence-electron chi connectivity index (χ3n) is 3.99. The van der Waals surface area contributed by atoms with Crippen molar-refractivity contribution in [1.29, 1.82) is 0 Å². The van der Waals surface area contributed by atoms with Gasteiger partial charge in [-0.15, -0.1) is 0 Å². The molecular formula is C14H28N2O.